The van der Waals surface area contributed by atoms with Gasteiger partial charge in [0.15, 0.2) is 11.9 Å². The van der Waals surface area contributed by atoms with Gasteiger partial charge < -0.3 is 86.9 Å². The van der Waals surface area contributed by atoms with Crippen LogP contribution >= 0.6 is 25.3 Å². The summed E-state index contributed by atoms with van der Waals surface area (Å²) in [5.74, 6) is -11.3. The van der Waals surface area contributed by atoms with Gasteiger partial charge in [0.25, 0.3) is 0 Å². The van der Waals surface area contributed by atoms with Gasteiger partial charge in [-0.3, -0.25) is 48.3 Å². The molecule has 66 heavy (non-hydrogen) atoms. The van der Waals surface area contributed by atoms with Crippen molar-refractivity contribution in [2.45, 2.75) is 127 Å². The Kier molecular flexibility index (Phi) is 29.3. The summed E-state index contributed by atoms with van der Waals surface area (Å²) in [5.41, 5.74) is 32.7. The van der Waals surface area contributed by atoms with Gasteiger partial charge >= 0.3 is 11.9 Å². The lowest BCUT2D eigenvalue weighted by molar-refractivity contribution is -0.143. The van der Waals surface area contributed by atoms with Gasteiger partial charge in [-0.05, 0) is 64.3 Å². The van der Waals surface area contributed by atoms with Gasteiger partial charge in [0, 0.05) is 24.6 Å². The Morgan fingerprint density at radius 2 is 0.909 bits per heavy atom. The number of hydrogen-bond donors (Lipinski definition) is 18. The number of rotatable bonds is 33. The number of carboxylic acid groups (broad SMARTS) is 2. The highest BCUT2D eigenvalue weighted by atomic mass is 32.1. The molecular formula is C37H69N15O12S2. The minimum absolute atomic E-state index is 0.00478. The number of aliphatic hydroxyl groups excluding tert-OH is 1. The maximum Gasteiger partial charge on any atom is 0.326 e. The molecule has 0 radical (unpaired) electrons. The molecule has 0 aliphatic rings. The molecule has 22 N–H and O–H groups in total. The highest BCUT2D eigenvalue weighted by molar-refractivity contribution is 7.80. The van der Waals surface area contributed by atoms with Crippen molar-refractivity contribution >= 4 is 90.5 Å². The Bertz CT molecular complexity index is 1700. The van der Waals surface area contributed by atoms with E-state index in [0.717, 1.165) is 0 Å². The molecule has 0 saturated heterocycles. The molecule has 0 aliphatic carbocycles. The van der Waals surface area contributed by atoms with Crippen molar-refractivity contribution in [2.75, 3.05) is 31.1 Å². The van der Waals surface area contributed by atoms with Crippen LogP contribution in [-0.2, 0) is 43.2 Å². The van der Waals surface area contributed by atoms with Crippen LogP contribution in [0.5, 0.6) is 0 Å². The van der Waals surface area contributed by atoms with Crippen molar-refractivity contribution in [3.05, 3.63) is 0 Å². The second kappa shape index (κ2) is 32.1. The van der Waals surface area contributed by atoms with Crippen molar-refractivity contribution < 1.29 is 58.5 Å². The monoisotopic (exact) mass is 979 g/mol. The van der Waals surface area contributed by atoms with Gasteiger partial charge in [-0.2, -0.15) is 25.3 Å². The molecule has 0 bridgehead atoms. The molecule has 0 unspecified atom stereocenters. The van der Waals surface area contributed by atoms with E-state index in [1.165, 1.54) is 6.92 Å². The minimum atomic E-state index is -1.87. The average Bonchev–Trinajstić information content (AvgIpc) is 3.23. The van der Waals surface area contributed by atoms with Crippen molar-refractivity contribution in [3.8, 4) is 0 Å². The number of thiol groups is 2. The summed E-state index contributed by atoms with van der Waals surface area (Å²) in [6.45, 7) is 4.67. The second-order valence-electron chi connectivity index (χ2n) is 15.3. The molecule has 0 fully saturated rings. The van der Waals surface area contributed by atoms with Gasteiger partial charge in [-0.15, -0.1) is 0 Å². The number of nitrogens with one attached hydrogen (secondary N) is 7. The number of carbonyl (C=O) groups is 9. The third-order valence-corrected chi connectivity index (χ3v) is 10.2. The first-order chi connectivity index (χ1) is 30.9. The van der Waals surface area contributed by atoms with Crippen LogP contribution in [0.3, 0.4) is 0 Å². The van der Waals surface area contributed by atoms with Gasteiger partial charge in [0.05, 0.1) is 12.5 Å². The van der Waals surface area contributed by atoms with Gasteiger partial charge in [-0.1, -0.05) is 13.8 Å². The van der Waals surface area contributed by atoms with Crippen LogP contribution in [0.25, 0.3) is 0 Å². The summed E-state index contributed by atoms with van der Waals surface area (Å²) >= 11 is 8.27. The molecule has 0 aromatic heterocycles. The van der Waals surface area contributed by atoms with Crippen LogP contribution < -0.4 is 71.6 Å². The lowest BCUT2D eigenvalue weighted by atomic mass is 10.0. The van der Waals surface area contributed by atoms with E-state index in [1.807, 2.05) is 0 Å². The third kappa shape index (κ3) is 24.0. The quantitative estimate of drug-likeness (QED) is 0.0126. The number of amides is 7. The van der Waals surface area contributed by atoms with E-state index >= 15 is 0 Å². The number of nitrogens with zero attached hydrogens (tertiary/aromatic N) is 2. The number of aliphatic hydroxyl groups is 1. The van der Waals surface area contributed by atoms with Gasteiger partial charge in [0.2, 0.25) is 41.4 Å². The fourth-order valence-electron chi connectivity index (χ4n) is 5.69. The zero-order chi connectivity index (χ0) is 50.7. The summed E-state index contributed by atoms with van der Waals surface area (Å²) in [6.07, 6.45) is -1.67. The Labute approximate surface area is 393 Å². The highest BCUT2D eigenvalue weighted by Crippen LogP contribution is 2.09. The lowest BCUT2D eigenvalue weighted by Gasteiger charge is -2.28. The zero-order valence-electron chi connectivity index (χ0n) is 37.2. The first-order valence-corrected chi connectivity index (χ1v) is 22.2. The summed E-state index contributed by atoms with van der Waals surface area (Å²) in [4.78, 5) is 125. The van der Waals surface area contributed by atoms with E-state index in [-0.39, 0.29) is 75.2 Å². The van der Waals surface area contributed by atoms with E-state index in [0.29, 0.717) is 12.8 Å². The average molecular weight is 980 g/mol. The Hall–Kier alpha value is -5.65. The lowest BCUT2D eigenvalue weighted by Crippen LogP contribution is -2.61. The zero-order valence-corrected chi connectivity index (χ0v) is 39.0. The summed E-state index contributed by atoms with van der Waals surface area (Å²) in [5, 5.41) is 45.8. The van der Waals surface area contributed by atoms with Crippen LogP contribution in [0.4, 0.5) is 0 Å². The molecule has 0 heterocycles. The molecule has 7 amide bonds. The topological polar surface area (TPSA) is 479 Å². The molecule has 29 heteroatoms. The minimum Gasteiger partial charge on any atom is -0.481 e. The summed E-state index contributed by atoms with van der Waals surface area (Å²) in [6, 6.07) is -11.6. The maximum absolute atomic E-state index is 13.9. The van der Waals surface area contributed by atoms with E-state index in [2.05, 4.69) is 72.5 Å². The van der Waals surface area contributed by atoms with Gasteiger partial charge in [0.1, 0.15) is 48.3 Å². The van der Waals surface area contributed by atoms with Crippen LogP contribution in [0.1, 0.15) is 72.1 Å². The number of aliphatic imine (C=N–C) groups is 2. The molecule has 0 aliphatic heterocycles. The first-order valence-electron chi connectivity index (χ1n) is 20.9. The molecule has 0 aromatic rings. The fourth-order valence-corrected chi connectivity index (χ4v) is 6.21. The number of unbranched alkanes of at least 4 members (excludes halogenated alkanes) is 1. The number of aliphatic carboxylic acids is 2. The number of hydrogen-bond acceptors (Lipinski definition) is 16. The second-order valence-corrected chi connectivity index (χ2v) is 16.1. The van der Waals surface area contributed by atoms with Crippen molar-refractivity contribution in [2.24, 2.45) is 50.3 Å². The molecule has 0 aromatic carbocycles. The molecular weight excluding hydrogens is 911 g/mol. The maximum atomic E-state index is 13.9. The van der Waals surface area contributed by atoms with Crippen molar-refractivity contribution in [1.29, 1.82) is 0 Å². The third-order valence-electron chi connectivity index (χ3n) is 9.43. The van der Waals surface area contributed by atoms with Crippen molar-refractivity contribution in [3.63, 3.8) is 0 Å². The SMILES string of the molecule is CC(C)[C@H](NC(=O)[C@H](CS)NC(=O)[C@@H](N)[C@@H](C)O)C(=O)N[C@@H](CS)C(=O)N[C@@H](CCCN=C(N)N)C(=O)N[C@@H](CC(=O)O)C(=O)N[C@@H](CCCN=C(N)N)C(=O)N[C@@H](CCCCN)C(=O)O. The molecule has 0 spiro atoms. The predicted octanol–water partition coefficient (Wildman–Crippen LogP) is -6.60. The highest BCUT2D eigenvalue weighted by Gasteiger charge is 2.35. The van der Waals surface area contributed by atoms with Crippen LogP contribution in [0, 0.1) is 5.92 Å². The Morgan fingerprint density at radius 3 is 1.30 bits per heavy atom. The number of carbonyl (C=O) groups excluding carboxylic acids is 7. The smallest absolute Gasteiger partial charge is 0.326 e. The van der Waals surface area contributed by atoms with E-state index in [9.17, 15) is 58.5 Å². The Balaban J connectivity index is 6.50. The summed E-state index contributed by atoms with van der Waals surface area (Å²) < 4.78 is 0. The normalized spacial score (nSPS) is 15.0. The standard InChI is InChI=1S/C37H69N15O12S2/c1-17(2)27(52-32(60)24(16-66)50-33(61)26(39)18(3)53)34(62)51-23(15-65)31(59)47-20(10-7-13-45-37(42)43)29(57)49-22(14-25(54)55)30(58)46-19(9-6-12-44-36(40)41)28(56)48-21(35(63)64)8-4-5-11-38/h17-24,26-27,53,65-66H,4-16,38-39H2,1-3H3,(H,46,58)(H,47,59)(H,48,56)(H,49,57)(H,50,61)(H,51,62)(H,52,60)(H,54,55)(H,63,64)(H4,40,41,44)(H4,42,43,45)/t18-,19+,20+,21+,22+,23+,24+,26+,27+/m1/s1. The van der Waals surface area contributed by atoms with Gasteiger partial charge in [-0.25, -0.2) is 4.79 Å². The molecule has 27 nitrogen and oxygen atoms in total. The molecule has 376 valence electrons. The van der Waals surface area contributed by atoms with Crippen LogP contribution in [0.15, 0.2) is 9.98 Å². The van der Waals surface area contributed by atoms with Crippen LogP contribution in [-0.4, -0.2) is 166 Å². The molecule has 0 rings (SSSR count). The number of nitrogens with two attached hydrogens (primary N) is 6. The van der Waals surface area contributed by atoms with Crippen LogP contribution in [0.2, 0.25) is 0 Å². The van der Waals surface area contributed by atoms with E-state index < -0.39 is 120 Å². The van der Waals surface area contributed by atoms with E-state index in [4.69, 9.17) is 34.4 Å². The number of guanidine groups is 2. The van der Waals surface area contributed by atoms with Crippen molar-refractivity contribution in [1.82, 2.24) is 37.2 Å². The Morgan fingerprint density at radius 1 is 0.530 bits per heavy atom. The number of carboxylic acids is 2. The fraction of sp³-hybridized carbons (Fsp3) is 0.703. The molecule has 0 saturated carbocycles. The predicted molar refractivity (Wildman–Crippen MR) is 248 cm³/mol. The summed E-state index contributed by atoms with van der Waals surface area (Å²) in [7, 11) is 0. The first kappa shape index (κ1) is 60.3. The molecule has 9 atom stereocenters. The largest absolute Gasteiger partial charge is 0.481 e. The van der Waals surface area contributed by atoms with E-state index in [1.54, 1.807) is 13.8 Å².